The number of benzene rings is 1. The van der Waals surface area contributed by atoms with E-state index in [1.54, 1.807) is 24.3 Å². The minimum atomic E-state index is -1.53. The molecule has 0 aliphatic carbocycles. The third-order valence-corrected chi connectivity index (χ3v) is 2.39. The van der Waals surface area contributed by atoms with Crippen LogP contribution in [0.2, 0.25) is 0 Å². The van der Waals surface area contributed by atoms with Crippen LogP contribution in [0.1, 0.15) is 11.7 Å². The SMILES string of the molecule is C=C(C(=O)OC)[C@@H](F)c1cccc(Br)c1. The summed E-state index contributed by atoms with van der Waals surface area (Å²) in [5.74, 6) is -0.734. The molecule has 0 spiro atoms. The van der Waals surface area contributed by atoms with Gasteiger partial charge in [-0.3, -0.25) is 0 Å². The van der Waals surface area contributed by atoms with Crippen LogP contribution >= 0.6 is 15.9 Å². The van der Waals surface area contributed by atoms with Gasteiger partial charge < -0.3 is 4.74 Å². The lowest BCUT2D eigenvalue weighted by atomic mass is 10.0. The summed E-state index contributed by atoms with van der Waals surface area (Å²) in [6.07, 6.45) is -1.53. The van der Waals surface area contributed by atoms with Gasteiger partial charge in [0.1, 0.15) is 0 Å². The molecule has 1 rings (SSSR count). The molecule has 2 nitrogen and oxygen atoms in total. The first-order valence-electron chi connectivity index (χ1n) is 4.23. The Kier molecular flexibility index (Phi) is 4.03. The average Bonchev–Trinajstić information content (AvgIpc) is 2.26. The van der Waals surface area contributed by atoms with Crippen LogP contribution in [0.25, 0.3) is 0 Å². The number of esters is 1. The number of carbonyl (C=O) groups is 1. The average molecular weight is 273 g/mol. The molecular weight excluding hydrogens is 263 g/mol. The number of methoxy groups -OCH3 is 1. The highest BCUT2D eigenvalue weighted by molar-refractivity contribution is 9.10. The Bertz CT molecular complexity index is 390. The standard InChI is InChI=1S/C11H10BrFO2/c1-7(11(14)15-2)10(13)8-4-3-5-9(12)6-8/h3-6,10H,1H2,2H3/t10-/m1/s1. The summed E-state index contributed by atoms with van der Waals surface area (Å²) in [4.78, 5) is 11.0. The Morgan fingerprint density at radius 3 is 2.80 bits per heavy atom. The number of ether oxygens (including phenoxy) is 1. The molecule has 0 unspecified atom stereocenters. The predicted molar refractivity (Wildman–Crippen MR) is 59.1 cm³/mol. The number of carbonyl (C=O) groups excluding carboxylic acids is 1. The zero-order valence-electron chi connectivity index (χ0n) is 8.17. The molecule has 0 bridgehead atoms. The third kappa shape index (κ3) is 2.89. The Labute approximate surface area is 95.9 Å². The maximum Gasteiger partial charge on any atom is 0.336 e. The Balaban J connectivity index is 2.89. The van der Waals surface area contributed by atoms with E-state index in [0.29, 0.717) is 5.56 Å². The van der Waals surface area contributed by atoms with Gasteiger partial charge >= 0.3 is 5.97 Å². The van der Waals surface area contributed by atoms with E-state index >= 15 is 0 Å². The van der Waals surface area contributed by atoms with Gasteiger partial charge in [-0.15, -0.1) is 0 Å². The lowest BCUT2D eigenvalue weighted by Gasteiger charge is -2.10. The quantitative estimate of drug-likeness (QED) is 0.624. The highest BCUT2D eigenvalue weighted by Crippen LogP contribution is 2.27. The zero-order chi connectivity index (χ0) is 11.4. The fraction of sp³-hybridized carbons (Fsp3) is 0.182. The van der Waals surface area contributed by atoms with E-state index in [-0.39, 0.29) is 5.57 Å². The molecule has 0 aliphatic heterocycles. The molecule has 15 heavy (non-hydrogen) atoms. The number of halogens is 2. The summed E-state index contributed by atoms with van der Waals surface area (Å²) < 4.78 is 18.9. The van der Waals surface area contributed by atoms with Gasteiger partial charge in [0.15, 0.2) is 6.17 Å². The molecule has 80 valence electrons. The van der Waals surface area contributed by atoms with Gasteiger partial charge in [-0.2, -0.15) is 0 Å². The molecule has 0 fully saturated rings. The van der Waals surface area contributed by atoms with Gasteiger partial charge in [0.25, 0.3) is 0 Å². The van der Waals surface area contributed by atoms with Gasteiger partial charge in [0.2, 0.25) is 0 Å². The molecule has 4 heteroatoms. The molecule has 0 saturated carbocycles. The van der Waals surface area contributed by atoms with Gasteiger partial charge in [-0.1, -0.05) is 34.6 Å². The molecular formula is C11H10BrFO2. The molecule has 0 N–H and O–H groups in total. The van der Waals surface area contributed by atoms with Gasteiger partial charge in [-0.25, -0.2) is 9.18 Å². The van der Waals surface area contributed by atoms with Crippen molar-refractivity contribution in [2.45, 2.75) is 6.17 Å². The highest BCUT2D eigenvalue weighted by Gasteiger charge is 2.20. The third-order valence-electron chi connectivity index (χ3n) is 1.89. The fourth-order valence-electron chi connectivity index (χ4n) is 1.10. The zero-order valence-corrected chi connectivity index (χ0v) is 9.75. The summed E-state index contributed by atoms with van der Waals surface area (Å²) in [6.45, 7) is 3.37. The van der Waals surface area contributed by atoms with Crippen molar-refractivity contribution >= 4 is 21.9 Å². The molecule has 0 amide bonds. The summed E-state index contributed by atoms with van der Waals surface area (Å²) >= 11 is 3.22. The smallest absolute Gasteiger partial charge is 0.336 e. The van der Waals surface area contributed by atoms with Gasteiger partial charge in [0.05, 0.1) is 12.7 Å². The molecule has 0 aliphatic rings. The lowest BCUT2D eigenvalue weighted by Crippen LogP contribution is -2.09. The largest absolute Gasteiger partial charge is 0.466 e. The van der Waals surface area contributed by atoms with E-state index in [9.17, 15) is 9.18 Å². The second kappa shape index (κ2) is 5.07. The Morgan fingerprint density at radius 2 is 2.27 bits per heavy atom. The molecule has 0 aromatic heterocycles. The van der Waals surface area contributed by atoms with E-state index < -0.39 is 12.1 Å². The van der Waals surface area contributed by atoms with Crippen molar-refractivity contribution in [2.75, 3.05) is 7.11 Å². The molecule has 1 aromatic carbocycles. The molecule has 0 radical (unpaired) electrons. The lowest BCUT2D eigenvalue weighted by molar-refractivity contribution is -0.136. The van der Waals surface area contributed by atoms with Crippen molar-refractivity contribution in [3.8, 4) is 0 Å². The Hall–Kier alpha value is -1.16. The van der Waals surface area contributed by atoms with Crippen molar-refractivity contribution in [1.29, 1.82) is 0 Å². The Morgan fingerprint density at radius 1 is 1.60 bits per heavy atom. The van der Waals surface area contributed by atoms with Crippen LogP contribution in [0.3, 0.4) is 0 Å². The van der Waals surface area contributed by atoms with E-state index in [0.717, 1.165) is 4.47 Å². The molecule has 0 saturated heterocycles. The maximum absolute atomic E-state index is 13.7. The second-order valence-corrected chi connectivity index (χ2v) is 3.85. The van der Waals surface area contributed by atoms with Crippen molar-refractivity contribution in [3.05, 3.63) is 46.5 Å². The number of rotatable bonds is 3. The van der Waals surface area contributed by atoms with Crippen LogP contribution in [0, 0.1) is 0 Å². The first-order valence-corrected chi connectivity index (χ1v) is 5.02. The summed E-state index contributed by atoms with van der Waals surface area (Å²) in [5, 5.41) is 0. The number of alkyl halides is 1. The van der Waals surface area contributed by atoms with E-state index in [1.807, 2.05) is 0 Å². The summed E-state index contributed by atoms with van der Waals surface area (Å²) in [5.41, 5.74) is 0.176. The number of hydrogen-bond donors (Lipinski definition) is 0. The van der Waals surface area contributed by atoms with Gasteiger partial charge in [-0.05, 0) is 17.7 Å². The molecule has 1 atom stereocenters. The monoisotopic (exact) mass is 272 g/mol. The summed E-state index contributed by atoms with van der Waals surface area (Å²) in [7, 11) is 1.20. The van der Waals surface area contributed by atoms with Crippen LogP contribution in [0.4, 0.5) is 4.39 Å². The second-order valence-electron chi connectivity index (χ2n) is 2.93. The van der Waals surface area contributed by atoms with Gasteiger partial charge in [0, 0.05) is 4.47 Å². The van der Waals surface area contributed by atoms with E-state index in [1.165, 1.54) is 7.11 Å². The highest BCUT2D eigenvalue weighted by atomic mass is 79.9. The van der Waals surface area contributed by atoms with Crippen LogP contribution in [0.15, 0.2) is 40.9 Å². The normalized spacial score (nSPS) is 11.9. The first kappa shape index (κ1) is 11.9. The minimum absolute atomic E-state index is 0.199. The van der Waals surface area contributed by atoms with Crippen molar-refractivity contribution < 1.29 is 13.9 Å². The van der Waals surface area contributed by atoms with Crippen molar-refractivity contribution in [2.24, 2.45) is 0 Å². The topological polar surface area (TPSA) is 26.3 Å². The van der Waals surface area contributed by atoms with E-state index in [2.05, 4.69) is 27.2 Å². The fourth-order valence-corrected chi connectivity index (χ4v) is 1.52. The maximum atomic E-state index is 13.7. The predicted octanol–water partition coefficient (Wildman–Crippen LogP) is 3.19. The molecule has 0 heterocycles. The van der Waals surface area contributed by atoms with Crippen LogP contribution < -0.4 is 0 Å². The molecule has 1 aromatic rings. The first-order chi connectivity index (χ1) is 7.06. The van der Waals surface area contributed by atoms with E-state index in [4.69, 9.17) is 0 Å². The van der Waals surface area contributed by atoms with Crippen molar-refractivity contribution in [1.82, 2.24) is 0 Å². The summed E-state index contributed by atoms with van der Waals surface area (Å²) in [6, 6.07) is 6.65. The van der Waals surface area contributed by atoms with Crippen LogP contribution in [-0.4, -0.2) is 13.1 Å². The van der Waals surface area contributed by atoms with Crippen molar-refractivity contribution in [3.63, 3.8) is 0 Å². The number of hydrogen-bond acceptors (Lipinski definition) is 2. The van der Waals surface area contributed by atoms with Crippen LogP contribution in [0.5, 0.6) is 0 Å². The van der Waals surface area contributed by atoms with Crippen LogP contribution in [-0.2, 0) is 9.53 Å². The minimum Gasteiger partial charge on any atom is -0.466 e.